The molecule has 10 aromatic carbocycles. The summed E-state index contributed by atoms with van der Waals surface area (Å²) in [5, 5.41) is 8.89. The molecule has 0 saturated heterocycles. The van der Waals surface area contributed by atoms with Gasteiger partial charge < -0.3 is 9.47 Å². The molecule has 0 bridgehead atoms. The van der Waals surface area contributed by atoms with Crippen molar-refractivity contribution >= 4 is 73.7 Å². The van der Waals surface area contributed by atoms with Crippen molar-refractivity contribution in [3.63, 3.8) is 0 Å². The molecule has 0 radical (unpaired) electrons. The lowest BCUT2D eigenvalue weighted by Crippen LogP contribution is -2.37. The van der Waals surface area contributed by atoms with E-state index in [9.17, 15) is 0 Å². The number of benzene rings is 10. The van der Waals surface area contributed by atoms with Crippen molar-refractivity contribution in [1.29, 1.82) is 0 Å². The number of aromatic nitrogens is 1. The van der Waals surface area contributed by atoms with Crippen LogP contribution in [-0.2, 0) is 5.41 Å². The Morgan fingerprint density at radius 1 is 0.413 bits per heavy atom. The van der Waals surface area contributed by atoms with E-state index in [2.05, 4.69) is 254 Å². The highest BCUT2D eigenvalue weighted by Crippen LogP contribution is 2.60. The van der Waals surface area contributed by atoms with Gasteiger partial charge in [-0.2, -0.15) is 0 Å². The minimum absolute atomic E-state index is 0.646. The lowest BCUT2D eigenvalue weighted by atomic mass is 9.67. The van der Waals surface area contributed by atoms with Crippen LogP contribution >= 0.6 is 0 Å². The van der Waals surface area contributed by atoms with E-state index in [1.807, 2.05) is 0 Å². The predicted molar refractivity (Wildman–Crippen MR) is 271 cm³/mol. The summed E-state index contributed by atoms with van der Waals surface area (Å²) in [6.45, 7) is 7.27. The molecule has 12 rings (SSSR count). The van der Waals surface area contributed by atoms with E-state index in [0.29, 0.717) is 0 Å². The molecule has 300 valence electrons. The van der Waals surface area contributed by atoms with Crippen molar-refractivity contribution in [2.75, 3.05) is 4.90 Å². The Morgan fingerprint density at radius 2 is 0.937 bits per heavy atom. The van der Waals surface area contributed by atoms with E-state index >= 15 is 0 Å². The maximum Gasteiger partial charge on any atom is 0.0775 e. The molecule has 0 unspecified atom stereocenters. The topological polar surface area (TPSA) is 8.17 Å². The molecule has 0 amide bonds. The second-order valence-electron chi connectivity index (χ2n) is 18.1. The lowest BCUT2D eigenvalue weighted by Gasteiger charge is -2.35. The third kappa shape index (κ3) is 5.63. The van der Waals surface area contributed by atoms with Gasteiger partial charge >= 0.3 is 0 Å². The average Bonchev–Trinajstić information content (AvgIpc) is 3.82. The van der Waals surface area contributed by atoms with Crippen molar-refractivity contribution in [2.45, 2.75) is 25.1 Å². The molecule has 1 aromatic heterocycles. The molecule has 1 heterocycles. The molecule has 1 aliphatic carbocycles. The highest BCUT2D eigenvalue weighted by Gasteiger charge is 2.47. The second-order valence-corrected chi connectivity index (χ2v) is 23.2. The highest BCUT2D eigenvalue weighted by molar-refractivity contribution is 6.88. The number of rotatable bonds is 7. The Hall–Kier alpha value is -7.46. The Bertz CT molecular complexity index is 3440. The van der Waals surface area contributed by atoms with Crippen LogP contribution < -0.4 is 10.1 Å². The fourth-order valence-electron chi connectivity index (χ4n) is 10.8. The van der Waals surface area contributed by atoms with E-state index in [4.69, 9.17) is 0 Å². The number of para-hydroxylation sites is 2. The molecule has 0 spiro atoms. The average molecular weight is 823 g/mol. The smallest absolute Gasteiger partial charge is 0.0775 e. The van der Waals surface area contributed by atoms with Gasteiger partial charge in [0, 0.05) is 32.9 Å². The van der Waals surface area contributed by atoms with Crippen LogP contribution in [0.25, 0.3) is 60.2 Å². The summed E-state index contributed by atoms with van der Waals surface area (Å²) in [5.41, 5.74) is 14.0. The summed E-state index contributed by atoms with van der Waals surface area (Å²) in [5.74, 6) is 0. The molecule has 11 aromatic rings. The molecule has 3 heteroatoms. The van der Waals surface area contributed by atoms with E-state index in [-0.39, 0.29) is 0 Å². The number of anilines is 3. The van der Waals surface area contributed by atoms with Gasteiger partial charge in [0.15, 0.2) is 0 Å². The van der Waals surface area contributed by atoms with E-state index in [1.54, 1.807) is 0 Å². The van der Waals surface area contributed by atoms with Gasteiger partial charge in [0.05, 0.1) is 35.9 Å². The standard InChI is InChI=1S/C60H46N2Si/c1-63(2,3)46-36-33-44(34-37-46)61(55-32-18-20-41-19-10-11-25-47(41)55)45-35-38-52-53(39-45)60(42-21-6-4-7-22-42,43-23-8-5-9-24-43)54-40-58(50-28-12-13-29-51(50)59(52)54)62-56-30-16-14-26-48(56)49-27-15-17-31-57(49)62/h4-40H,1-3H3. The molecule has 0 N–H and O–H groups in total. The monoisotopic (exact) mass is 822 g/mol. The summed E-state index contributed by atoms with van der Waals surface area (Å²) >= 11 is 0. The van der Waals surface area contributed by atoms with Crippen molar-refractivity contribution in [1.82, 2.24) is 4.57 Å². The molecular formula is C60H46N2Si. The predicted octanol–water partition coefficient (Wildman–Crippen LogP) is 15.5. The van der Waals surface area contributed by atoms with Gasteiger partial charge in [0.1, 0.15) is 0 Å². The van der Waals surface area contributed by atoms with Gasteiger partial charge in [0.25, 0.3) is 0 Å². The van der Waals surface area contributed by atoms with Gasteiger partial charge in [-0.3, -0.25) is 0 Å². The minimum Gasteiger partial charge on any atom is -0.310 e. The SMILES string of the molecule is C[Si](C)(C)c1ccc(N(c2ccc3c(c2)C(c2ccccc2)(c2ccccc2)c2cc(-n4c5ccccc5c5ccccc54)c4ccccc4c2-3)c2cccc3ccccc23)cc1. The summed E-state index contributed by atoms with van der Waals surface area (Å²) < 4.78 is 2.51. The van der Waals surface area contributed by atoms with Gasteiger partial charge in [-0.05, 0) is 92.7 Å². The van der Waals surface area contributed by atoms with Crippen LogP contribution in [0.3, 0.4) is 0 Å². The Kier molecular flexibility index (Phi) is 8.47. The van der Waals surface area contributed by atoms with Gasteiger partial charge in [-0.1, -0.05) is 201 Å². The molecule has 0 aliphatic heterocycles. The van der Waals surface area contributed by atoms with Crippen LogP contribution in [0.2, 0.25) is 19.6 Å². The maximum absolute atomic E-state index is 2.54. The second kappa shape index (κ2) is 14.3. The minimum atomic E-state index is -1.54. The summed E-state index contributed by atoms with van der Waals surface area (Å²) in [6, 6.07) is 84.0. The van der Waals surface area contributed by atoms with Crippen LogP contribution in [0.15, 0.2) is 224 Å². The van der Waals surface area contributed by atoms with Gasteiger partial charge in [-0.25, -0.2) is 0 Å². The Morgan fingerprint density at radius 3 is 1.57 bits per heavy atom. The van der Waals surface area contributed by atoms with Crippen molar-refractivity contribution in [3.8, 4) is 16.8 Å². The number of fused-ring (bicyclic) bond motifs is 9. The lowest BCUT2D eigenvalue weighted by molar-refractivity contribution is 0.768. The zero-order valence-electron chi connectivity index (χ0n) is 35.8. The first kappa shape index (κ1) is 37.3. The molecule has 0 atom stereocenters. The first-order chi connectivity index (χ1) is 30.9. The Labute approximate surface area is 370 Å². The van der Waals surface area contributed by atoms with Crippen LogP contribution in [0.1, 0.15) is 22.3 Å². The van der Waals surface area contributed by atoms with Crippen LogP contribution in [0, 0.1) is 0 Å². The third-order valence-electron chi connectivity index (χ3n) is 13.6. The van der Waals surface area contributed by atoms with E-state index in [0.717, 1.165) is 17.1 Å². The molecule has 63 heavy (non-hydrogen) atoms. The quantitative estimate of drug-likeness (QED) is 0.145. The Balaban J connectivity index is 1.20. The maximum atomic E-state index is 2.54. The fraction of sp³-hybridized carbons (Fsp3) is 0.0667. The number of hydrogen-bond donors (Lipinski definition) is 0. The molecular weight excluding hydrogens is 777 g/mol. The van der Waals surface area contributed by atoms with Crippen LogP contribution in [0.4, 0.5) is 17.1 Å². The zero-order valence-corrected chi connectivity index (χ0v) is 36.8. The van der Waals surface area contributed by atoms with E-state index < -0.39 is 13.5 Å². The fourth-order valence-corrected chi connectivity index (χ4v) is 11.9. The van der Waals surface area contributed by atoms with Crippen molar-refractivity contribution in [2.24, 2.45) is 0 Å². The molecule has 0 saturated carbocycles. The van der Waals surface area contributed by atoms with Crippen LogP contribution in [-0.4, -0.2) is 12.6 Å². The molecule has 2 nitrogen and oxygen atoms in total. The summed E-state index contributed by atoms with van der Waals surface area (Å²) in [4.78, 5) is 2.49. The van der Waals surface area contributed by atoms with E-state index in [1.165, 1.54) is 87.6 Å². The van der Waals surface area contributed by atoms with Crippen molar-refractivity contribution < 1.29 is 0 Å². The van der Waals surface area contributed by atoms with Crippen LogP contribution in [0.5, 0.6) is 0 Å². The zero-order chi connectivity index (χ0) is 42.3. The number of hydrogen-bond acceptors (Lipinski definition) is 1. The molecule has 0 fully saturated rings. The largest absolute Gasteiger partial charge is 0.310 e. The highest BCUT2D eigenvalue weighted by atomic mass is 28.3. The molecule has 1 aliphatic rings. The first-order valence-corrected chi connectivity index (χ1v) is 25.6. The van der Waals surface area contributed by atoms with Gasteiger partial charge in [-0.15, -0.1) is 0 Å². The number of nitrogens with zero attached hydrogens (tertiary/aromatic N) is 2. The summed E-state index contributed by atoms with van der Waals surface area (Å²) in [6.07, 6.45) is 0. The summed E-state index contributed by atoms with van der Waals surface area (Å²) in [7, 11) is -1.54. The first-order valence-electron chi connectivity index (χ1n) is 22.1. The third-order valence-corrected chi connectivity index (χ3v) is 15.7. The van der Waals surface area contributed by atoms with Crippen molar-refractivity contribution in [3.05, 3.63) is 247 Å². The van der Waals surface area contributed by atoms with Gasteiger partial charge in [0.2, 0.25) is 0 Å². The normalized spacial score (nSPS) is 13.1.